The van der Waals surface area contributed by atoms with Gasteiger partial charge in [-0.15, -0.1) is 5.10 Å². The maximum absolute atomic E-state index is 13.1. The fourth-order valence-electron chi connectivity index (χ4n) is 4.42. The van der Waals surface area contributed by atoms with Crippen molar-refractivity contribution in [1.82, 2.24) is 20.1 Å². The van der Waals surface area contributed by atoms with Gasteiger partial charge in [-0.1, -0.05) is 55.8 Å². The standard InChI is InChI=1S/C21H28N4O3S2/c1-2-15-7-9-16(10-8-15)20-22-21(24-23-20)29-13-19(26)25(17-5-3-4-6-17)18-11-12-30(27,28)14-18/h7-10,17-18H,2-6,11-14H2,1H3,(H,22,23,24)/t18-/m1/s1. The van der Waals surface area contributed by atoms with Crippen LogP contribution >= 0.6 is 11.8 Å². The number of carbonyl (C=O) groups is 1. The lowest BCUT2D eigenvalue weighted by Crippen LogP contribution is -2.47. The van der Waals surface area contributed by atoms with E-state index in [0.717, 1.165) is 37.7 Å². The van der Waals surface area contributed by atoms with Gasteiger partial charge < -0.3 is 4.90 Å². The minimum absolute atomic E-state index is 0.00681. The fourth-order valence-corrected chi connectivity index (χ4v) is 6.80. The fraction of sp³-hybridized carbons (Fsp3) is 0.571. The molecular weight excluding hydrogens is 420 g/mol. The Morgan fingerprint density at radius 3 is 2.53 bits per heavy atom. The lowest BCUT2D eigenvalue weighted by molar-refractivity contribution is -0.132. The molecule has 0 bridgehead atoms. The monoisotopic (exact) mass is 448 g/mol. The molecule has 0 radical (unpaired) electrons. The second-order valence-electron chi connectivity index (χ2n) is 8.10. The smallest absolute Gasteiger partial charge is 0.233 e. The van der Waals surface area contributed by atoms with Crippen LogP contribution in [0.3, 0.4) is 0 Å². The molecule has 9 heteroatoms. The largest absolute Gasteiger partial charge is 0.335 e. The number of rotatable bonds is 7. The number of thioether (sulfide) groups is 1. The highest BCUT2D eigenvalue weighted by atomic mass is 32.2. The molecule has 1 saturated heterocycles. The van der Waals surface area contributed by atoms with Gasteiger partial charge in [0.05, 0.1) is 17.3 Å². The minimum atomic E-state index is -3.03. The van der Waals surface area contributed by atoms with Crippen LogP contribution in [-0.2, 0) is 21.1 Å². The molecule has 2 aromatic rings. The summed E-state index contributed by atoms with van der Waals surface area (Å²) in [6.07, 6.45) is 5.66. The summed E-state index contributed by atoms with van der Waals surface area (Å²) in [5, 5.41) is 7.72. The average molecular weight is 449 g/mol. The zero-order valence-electron chi connectivity index (χ0n) is 17.2. The number of amides is 1. The molecule has 162 valence electrons. The van der Waals surface area contributed by atoms with Crippen molar-refractivity contribution < 1.29 is 13.2 Å². The van der Waals surface area contributed by atoms with Crippen molar-refractivity contribution in [3.05, 3.63) is 29.8 Å². The van der Waals surface area contributed by atoms with Gasteiger partial charge in [0.2, 0.25) is 11.1 Å². The molecule has 1 amide bonds. The highest BCUT2D eigenvalue weighted by molar-refractivity contribution is 7.99. The number of aryl methyl sites for hydroxylation is 1. The lowest BCUT2D eigenvalue weighted by Gasteiger charge is -2.34. The number of H-pyrrole nitrogens is 1. The van der Waals surface area contributed by atoms with Gasteiger partial charge in [-0.2, -0.15) is 0 Å². The highest BCUT2D eigenvalue weighted by Crippen LogP contribution is 2.30. The third-order valence-corrected chi connectivity index (χ3v) is 8.62. The Hall–Kier alpha value is -1.87. The number of hydrogen-bond acceptors (Lipinski definition) is 6. The topological polar surface area (TPSA) is 96.0 Å². The molecule has 1 atom stereocenters. The van der Waals surface area contributed by atoms with E-state index < -0.39 is 9.84 Å². The molecule has 1 aromatic carbocycles. The number of sulfone groups is 1. The van der Waals surface area contributed by atoms with E-state index in [1.165, 1.54) is 17.3 Å². The van der Waals surface area contributed by atoms with Crippen molar-refractivity contribution in [3.63, 3.8) is 0 Å². The molecule has 1 aromatic heterocycles. The van der Waals surface area contributed by atoms with Crippen molar-refractivity contribution in [2.45, 2.75) is 62.7 Å². The molecule has 30 heavy (non-hydrogen) atoms. The van der Waals surface area contributed by atoms with Gasteiger partial charge in [-0.05, 0) is 31.2 Å². The van der Waals surface area contributed by atoms with Crippen LogP contribution in [-0.4, -0.2) is 63.7 Å². The van der Waals surface area contributed by atoms with E-state index in [9.17, 15) is 13.2 Å². The Balaban J connectivity index is 1.41. The maximum Gasteiger partial charge on any atom is 0.233 e. The molecule has 0 spiro atoms. The average Bonchev–Trinajstić information content (AvgIpc) is 3.49. The first kappa shape index (κ1) is 21.4. The van der Waals surface area contributed by atoms with Crippen molar-refractivity contribution in [2.24, 2.45) is 0 Å². The van der Waals surface area contributed by atoms with Gasteiger partial charge in [-0.3, -0.25) is 9.89 Å². The van der Waals surface area contributed by atoms with E-state index in [0.29, 0.717) is 17.4 Å². The van der Waals surface area contributed by atoms with Gasteiger partial charge in [0.15, 0.2) is 15.7 Å². The van der Waals surface area contributed by atoms with E-state index in [1.54, 1.807) is 0 Å². The molecule has 0 unspecified atom stereocenters. The normalized spacial score (nSPS) is 21.2. The first-order valence-corrected chi connectivity index (χ1v) is 13.4. The van der Waals surface area contributed by atoms with E-state index in [-0.39, 0.29) is 35.2 Å². The summed E-state index contributed by atoms with van der Waals surface area (Å²) in [4.78, 5) is 19.5. The third-order valence-electron chi connectivity index (χ3n) is 6.03. The summed E-state index contributed by atoms with van der Waals surface area (Å²) in [5.74, 6) is 1.18. The van der Waals surface area contributed by atoms with Crippen molar-refractivity contribution >= 4 is 27.5 Å². The molecule has 2 aliphatic rings. The molecule has 1 N–H and O–H groups in total. The number of benzene rings is 1. The van der Waals surface area contributed by atoms with E-state index in [2.05, 4.69) is 34.2 Å². The van der Waals surface area contributed by atoms with E-state index in [4.69, 9.17) is 0 Å². The van der Waals surface area contributed by atoms with Crippen molar-refractivity contribution in [3.8, 4) is 11.4 Å². The van der Waals surface area contributed by atoms with Crippen LogP contribution in [0, 0.1) is 0 Å². The zero-order chi connectivity index (χ0) is 21.1. The number of nitrogens with one attached hydrogen (secondary N) is 1. The van der Waals surface area contributed by atoms with E-state index in [1.807, 2.05) is 17.0 Å². The Kier molecular flexibility index (Phi) is 6.48. The summed E-state index contributed by atoms with van der Waals surface area (Å²) in [5.41, 5.74) is 2.22. The molecule has 1 aliphatic heterocycles. The quantitative estimate of drug-likeness (QED) is 0.654. The van der Waals surface area contributed by atoms with Crippen molar-refractivity contribution in [2.75, 3.05) is 17.3 Å². The number of nitrogens with zero attached hydrogens (tertiary/aromatic N) is 3. The van der Waals surface area contributed by atoms with Crippen molar-refractivity contribution in [1.29, 1.82) is 0 Å². The Morgan fingerprint density at radius 2 is 1.90 bits per heavy atom. The number of aromatic amines is 1. The number of carbonyl (C=O) groups excluding carboxylic acids is 1. The van der Waals surface area contributed by atoms with Crippen LogP contribution in [0.2, 0.25) is 0 Å². The van der Waals surface area contributed by atoms with Crippen LogP contribution in [0.5, 0.6) is 0 Å². The summed E-state index contributed by atoms with van der Waals surface area (Å²) in [7, 11) is -3.03. The highest BCUT2D eigenvalue weighted by Gasteiger charge is 2.38. The van der Waals surface area contributed by atoms with Gasteiger partial charge in [0.1, 0.15) is 0 Å². The zero-order valence-corrected chi connectivity index (χ0v) is 18.8. The summed E-state index contributed by atoms with van der Waals surface area (Å²) in [6, 6.07) is 8.15. The summed E-state index contributed by atoms with van der Waals surface area (Å²) in [6.45, 7) is 2.12. The number of aromatic nitrogens is 3. The molecule has 1 aliphatic carbocycles. The summed E-state index contributed by atoms with van der Waals surface area (Å²) < 4.78 is 23.9. The molecule has 4 rings (SSSR count). The van der Waals surface area contributed by atoms with Gasteiger partial charge in [0, 0.05) is 17.6 Å². The molecule has 7 nitrogen and oxygen atoms in total. The predicted molar refractivity (Wildman–Crippen MR) is 118 cm³/mol. The maximum atomic E-state index is 13.1. The minimum Gasteiger partial charge on any atom is -0.335 e. The van der Waals surface area contributed by atoms with Gasteiger partial charge in [-0.25, -0.2) is 13.4 Å². The van der Waals surface area contributed by atoms with Crippen LogP contribution in [0.4, 0.5) is 0 Å². The van der Waals surface area contributed by atoms with Crippen LogP contribution < -0.4 is 0 Å². The first-order chi connectivity index (χ1) is 14.4. The SMILES string of the molecule is CCc1ccc(-c2nc(SCC(=O)N(C3CCCC3)[C@@H]3CCS(=O)(=O)C3)n[nH]2)cc1. The van der Waals surface area contributed by atoms with Crippen LogP contribution in [0.15, 0.2) is 29.4 Å². The van der Waals surface area contributed by atoms with Crippen LogP contribution in [0.1, 0.15) is 44.6 Å². The molecule has 1 saturated carbocycles. The van der Waals surface area contributed by atoms with Gasteiger partial charge >= 0.3 is 0 Å². The second-order valence-corrected chi connectivity index (χ2v) is 11.3. The predicted octanol–water partition coefficient (Wildman–Crippen LogP) is 3.08. The van der Waals surface area contributed by atoms with Crippen LogP contribution in [0.25, 0.3) is 11.4 Å². The summed E-state index contributed by atoms with van der Waals surface area (Å²) >= 11 is 1.30. The third kappa shape index (κ3) is 4.88. The molecule has 2 heterocycles. The Bertz CT molecular complexity index is 982. The second kappa shape index (κ2) is 9.09. The van der Waals surface area contributed by atoms with E-state index >= 15 is 0 Å². The lowest BCUT2D eigenvalue weighted by atomic mass is 10.1. The Morgan fingerprint density at radius 1 is 1.17 bits per heavy atom. The molecule has 2 fully saturated rings. The molecular formula is C21H28N4O3S2. The Labute approximate surface area is 182 Å². The number of hydrogen-bond donors (Lipinski definition) is 1. The first-order valence-electron chi connectivity index (χ1n) is 10.6. The van der Waals surface area contributed by atoms with Gasteiger partial charge in [0.25, 0.3) is 0 Å².